The molecule has 2 aromatic rings. The van der Waals surface area contributed by atoms with Gasteiger partial charge in [-0.25, -0.2) is 4.79 Å². The zero-order valence-corrected chi connectivity index (χ0v) is 19.3. The van der Waals surface area contributed by atoms with Crippen LogP contribution in [0.15, 0.2) is 48.5 Å². The number of rotatable bonds is 8. The van der Waals surface area contributed by atoms with Crippen molar-refractivity contribution in [3.63, 3.8) is 0 Å². The normalized spacial score (nSPS) is 25.5. The Labute approximate surface area is 195 Å². The monoisotopic (exact) mass is 445 g/mol. The average molecular weight is 446 g/mol. The third-order valence-electron chi connectivity index (χ3n) is 7.64. The Morgan fingerprint density at radius 1 is 0.818 bits per heavy atom. The molecule has 172 valence electrons. The highest BCUT2D eigenvalue weighted by molar-refractivity contribution is 6.10. The Morgan fingerprint density at radius 3 is 1.70 bits per heavy atom. The van der Waals surface area contributed by atoms with E-state index in [1.54, 1.807) is 0 Å². The molecule has 0 saturated carbocycles. The van der Waals surface area contributed by atoms with Crippen LogP contribution < -0.4 is 0 Å². The van der Waals surface area contributed by atoms with E-state index in [-0.39, 0.29) is 23.7 Å². The number of esters is 1. The molecule has 1 heterocycles. The highest BCUT2D eigenvalue weighted by Crippen LogP contribution is 2.61. The van der Waals surface area contributed by atoms with Gasteiger partial charge in [0.25, 0.3) is 0 Å². The fourth-order valence-corrected chi connectivity index (χ4v) is 6.17. The smallest absolute Gasteiger partial charge is 0.329 e. The van der Waals surface area contributed by atoms with E-state index in [1.165, 1.54) is 4.90 Å². The second-order valence-electron chi connectivity index (χ2n) is 9.49. The lowest BCUT2D eigenvalue weighted by Crippen LogP contribution is -2.46. The van der Waals surface area contributed by atoms with Crippen LogP contribution in [0.3, 0.4) is 0 Å². The Hall–Kier alpha value is -2.95. The molecule has 0 spiro atoms. The number of likely N-dealkylation sites (tertiary alicyclic amines) is 1. The molecule has 2 amide bonds. The minimum Gasteiger partial charge on any atom is -0.464 e. The van der Waals surface area contributed by atoms with Crippen LogP contribution in [0.1, 0.15) is 80.0 Å². The molecular formula is C28H31NO4. The number of imide groups is 1. The predicted molar refractivity (Wildman–Crippen MR) is 125 cm³/mol. The zero-order chi connectivity index (χ0) is 23.1. The van der Waals surface area contributed by atoms with Crippen LogP contribution in [-0.4, -0.2) is 35.3 Å². The zero-order valence-electron chi connectivity index (χ0n) is 19.3. The van der Waals surface area contributed by atoms with Gasteiger partial charge in [-0.2, -0.15) is 0 Å². The Morgan fingerprint density at radius 2 is 1.27 bits per heavy atom. The van der Waals surface area contributed by atoms with Crippen molar-refractivity contribution in [2.45, 2.75) is 63.8 Å². The van der Waals surface area contributed by atoms with Crippen LogP contribution in [-0.2, 0) is 19.1 Å². The summed E-state index contributed by atoms with van der Waals surface area (Å²) in [7, 11) is 0. The van der Waals surface area contributed by atoms with Gasteiger partial charge >= 0.3 is 5.97 Å². The van der Waals surface area contributed by atoms with Crippen molar-refractivity contribution in [2.75, 3.05) is 6.61 Å². The summed E-state index contributed by atoms with van der Waals surface area (Å²) >= 11 is 0. The summed E-state index contributed by atoms with van der Waals surface area (Å²) < 4.78 is 5.51. The number of hydrogen-bond acceptors (Lipinski definition) is 4. The number of ether oxygens (including phenoxy) is 1. The van der Waals surface area contributed by atoms with Crippen molar-refractivity contribution in [3.05, 3.63) is 70.8 Å². The average Bonchev–Trinajstić information content (AvgIpc) is 3.10. The van der Waals surface area contributed by atoms with E-state index < -0.39 is 23.8 Å². The molecule has 5 heteroatoms. The van der Waals surface area contributed by atoms with E-state index in [0.29, 0.717) is 13.0 Å². The van der Waals surface area contributed by atoms with Gasteiger partial charge < -0.3 is 4.74 Å². The highest BCUT2D eigenvalue weighted by atomic mass is 16.5. The number of amides is 2. The van der Waals surface area contributed by atoms with E-state index in [1.807, 2.05) is 38.1 Å². The number of hydrogen-bond donors (Lipinski definition) is 0. The van der Waals surface area contributed by atoms with Crippen molar-refractivity contribution < 1.29 is 19.1 Å². The molecule has 2 aromatic carbocycles. The highest BCUT2D eigenvalue weighted by Gasteiger charge is 2.63. The first-order chi connectivity index (χ1) is 16.1. The molecule has 0 unspecified atom stereocenters. The molecule has 0 radical (unpaired) electrons. The minimum atomic E-state index is -0.835. The summed E-state index contributed by atoms with van der Waals surface area (Å²) in [6.07, 6.45) is 3.78. The van der Waals surface area contributed by atoms with Gasteiger partial charge in [-0.1, -0.05) is 81.6 Å². The predicted octanol–water partition coefficient (Wildman–Crippen LogP) is 4.78. The first-order valence-electron chi connectivity index (χ1n) is 12.3. The van der Waals surface area contributed by atoms with Gasteiger partial charge in [-0.3, -0.25) is 14.5 Å². The number of carbonyl (C=O) groups is 3. The topological polar surface area (TPSA) is 63.7 Å². The molecule has 3 atom stereocenters. The van der Waals surface area contributed by atoms with E-state index >= 15 is 0 Å². The van der Waals surface area contributed by atoms with Crippen molar-refractivity contribution in [1.82, 2.24) is 4.90 Å². The van der Waals surface area contributed by atoms with Crippen LogP contribution in [0.25, 0.3) is 0 Å². The van der Waals surface area contributed by atoms with Gasteiger partial charge in [0, 0.05) is 11.8 Å². The third kappa shape index (κ3) is 3.32. The van der Waals surface area contributed by atoms with Crippen molar-refractivity contribution >= 4 is 17.8 Å². The maximum absolute atomic E-state index is 13.9. The summed E-state index contributed by atoms with van der Waals surface area (Å²) in [6, 6.07) is 15.5. The molecule has 2 bridgehead atoms. The van der Waals surface area contributed by atoms with Gasteiger partial charge in [0.1, 0.15) is 6.04 Å². The van der Waals surface area contributed by atoms with Gasteiger partial charge in [0.05, 0.1) is 18.4 Å². The van der Waals surface area contributed by atoms with Gasteiger partial charge in [0.15, 0.2) is 0 Å². The molecule has 1 aliphatic heterocycles. The Kier molecular flexibility index (Phi) is 5.81. The lowest BCUT2D eigenvalue weighted by molar-refractivity contribution is -0.159. The van der Waals surface area contributed by atoms with Crippen LogP contribution in [0.2, 0.25) is 0 Å². The van der Waals surface area contributed by atoms with Crippen molar-refractivity contribution in [2.24, 2.45) is 11.8 Å². The lowest BCUT2D eigenvalue weighted by Gasteiger charge is -2.45. The maximum atomic E-state index is 13.9. The summed E-state index contributed by atoms with van der Waals surface area (Å²) in [4.78, 5) is 42.1. The van der Waals surface area contributed by atoms with Gasteiger partial charge in [0.2, 0.25) is 11.8 Å². The molecule has 1 saturated heterocycles. The van der Waals surface area contributed by atoms with Crippen LogP contribution in [0.5, 0.6) is 0 Å². The SMILES string of the molecule is CCCCOC(=O)[C@@H](CCCC)N1C(=O)[C@@H]2C3c4ccccc4C(c4ccccc43)[C@@H]2C1=O. The van der Waals surface area contributed by atoms with E-state index in [4.69, 9.17) is 4.74 Å². The first kappa shape index (κ1) is 21.9. The second kappa shape index (κ2) is 8.77. The summed E-state index contributed by atoms with van der Waals surface area (Å²) in [5.74, 6) is -2.09. The first-order valence-corrected chi connectivity index (χ1v) is 12.3. The number of carbonyl (C=O) groups excluding carboxylic acids is 3. The summed E-state index contributed by atoms with van der Waals surface area (Å²) in [5, 5.41) is 0. The largest absolute Gasteiger partial charge is 0.464 e. The number of unbranched alkanes of at least 4 members (excludes halogenated alkanes) is 2. The van der Waals surface area contributed by atoms with E-state index in [9.17, 15) is 14.4 Å². The molecule has 3 aliphatic carbocycles. The quantitative estimate of drug-likeness (QED) is 0.333. The fraction of sp³-hybridized carbons (Fsp3) is 0.464. The Balaban J connectivity index is 1.55. The molecular weight excluding hydrogens is 414 g/mol. The molecule has 33 heavy (non-hydrogen) atoms. The molecule has 0 N–H and O–H groups in total. The molecule has 0 aromatic heterocycles. The van der Waals surface area contributed by atoms with Crippen LogP contribution >= 0.6 is 0 Å². The van der Waals surface area contributed by atoms with E-state index in [0.717, 1.165) is 47.9 Å². The number of nitrogens with zero attached hydrogens (tertiary/aromatic N) is 1. The van der Waals surface area contributed by atoms with Gasteiger partial charge in [-0.15, -0.1) is 0 Å². The van der Waals surface area contributed by atoms with Crippen LogP contribution in [0, 0.1) is 11.8 Å². The van der Waals surface area contributed by atoms with Crippen molar-refractivity contribution in [1.29, 1.82) is 0 Å². The molecule has 5 nitrogen and oxygen atoms in total. The number of benzene rings is 2. The third-order valence-corrected chi connectivity index (χ3v) is 7.64. The van der Waals surface area contributed by atoms with Gasteiger partial charge in [-0.05, 0) is 35.1 Å². The second-order valence-corrected chi connectivity index (χ2v) is 9.49. The summed E-state index contributed by atoms with van der Waals surface area (Å²) in [5.41, 5.74) is 4.56. The fourth-order valence-electron chi connectivity index (χ4n) is 6.17. The van der Waals surface area contributed by atoms with Crippen LogP contribution in [0.4, 0.5) is 0 Å². The maximum Gasteiger partial charge on any atom is 0.329 e. The molecule has 1 fully saturated rings. The Bertz CT molecular complexity index is 977. The lowest BCUT2D eigenvalue weighted by atomic mass is 9.55. The molecule has 4 aliphatic rings. The van der Waals surface area contributed by atoms with Crippen molar-refractivity contribution in [3.8, 4) is 0 Å². The summed E-state index contributed by atoms with van der Waals surface area (Å²) in [6.45, 7) is 4.40. The minimum absolute atomic E-state index is 0.156. The standard InChI is InChI=1S/C28H31NO4/c1-3-5-15-21(28(32)33-16-6-4-2)29-26(30)24-22-17-11-7-8-12-18(17)23(25(24)27(29)31)20-14-10-9-13-19(20)22/h7-14,21-25H,3-6,15-16H2,1-2H3/t21-,22?,23?,24-,25+/m1/s1. The van der Waals surface area contributed by atoms with E-state index in [2.05, 4.69) is 24.3 Å². The molecule has 6 rings (SSSR count).